The molecule has 0 atom stereocenters. The van der Waals surface area contributed by atoms with Crippen molar-refractivity contribution in [1.82, 2.24) is 0 Å². The molecule has 0 aliphatic heterocycles. The molecule has 0 bridgehead atoms. The molecule has 0 heterocycles. The zero-order chi connectivity index (χ0) is 56.2. The van der Waals surface area contributed by atoms with Crippen molar-refractivity contribution < 1.29 is 9.98 Å². The first-order chi connectivity index (χ1) is 39.8. The van der Waals surface area contributed by atoms with E-state index in [2.05, 4.69) is 255 Å². The lowest BCUT2D eigenvalue weighted by molar-refractivity contribution is -0.507. The Morgan fingerprint density at radius 2 is 0.580 bits per heavy atom. The summed E-state index contributed by atoms with van der Waals surface area (Å²) in [5.41, 5.74) is 23.0. The number of allylic oxidation sites excluding steroid dienone is 6. The molecule has 0 amide bonds. The Morgan fingerprint density at radius 1 is 0.321 bits per heavy atom. The van der Waals surface area contributed by atoms with Gasteiger partial charge in [-0.05, 0) is 228 Å². The van der Waals surface area contributed by atoms with Crippen LogP contribution in [0, 0.1) is 11.8 Å². The monoisotopic (exact) mass is 1080 g/mol. The molecule has 2 N–H and O–H groups in total. The second-order valence-corrected chi connectivity index (χ2v) is 23.0. The third-order valence-electron chi connectivity index (χ3n) is 18.6. The SMILES string of the molecule is CCN(CC)c1ccc(C(=C2C=CC(=[NH+]C3CCC(CC4CCC([NH+]=C5C=CC(=C(c6ccc(N(CC)CC)cc6)c6ccc(N(CC)CC)cc6)c6ccccc65)CC4)CC3)c3ccccc32)c2ccc(N(CC)CC)cc2)cc1. The molecule has 0 saturated heterocycles. The van der Waals surface area contributed by atoms with Crippen LogP contribution in [0.5, 0.6) is 0 Å². The summed E-state index contributed by atoms with van der Waals surface area (Å²) in [6.07, 6.45) is 21.1. The van der Waals surface area contributed by atoms with Gasteiger partial charge in [0.2, 0.25) is 11.4 Å². The number of hydrogen-bond donors (Lipinski definition) is 2. The Bertz CT molecular complexity index is 2880. The van der Waals surface area contributed by atoms with Gasteiger partial charge in [-0.15, -0.1) is 0 Å². The predicted molar refractivity (Wildman–Crippen MR) is 349 cm³/mol. The molecule has 6 aromatic rings. The topological polar surface area (TPSA) is 40.9 Å². The second-order valence-electron chi connectivity index (χ2n) is 23.0. The maximum Gasteiger partial charge on any atom is 0.206 e. The van der Waals surface area contributed by atoms with E-state index in [-0.39, 0.29) is 0 Å². The molecule has 420 valence electrons. The lowest BCUT2D eigenvalue weighted by Crippen LogP contribution is -2.80. The first kappa shape index (κ1) is 57.1. The number of fused-ring (bicyclic) bond motifs is 2. The molecule has 0 unspecified atom stereocenters. The van der Waals surface area contributed by atoms with Crippen molar-refractivity contribution in [2.24, 2.45) is 11.8 Å². The second kappa shape index (κ2) is 27.1. The zero-order valence-electron chi connectivity index (χ0n) is 50.3. The quantitative estimate of drug-likeness (QED) is 0.0799. The maximum atomic E-state index is 4.11. The van der Waals surface area contributed by atoms with Crippen LogP contribution in [0.3, 0.4) is 0 Å². The standard InChI is InChI=1S/C75H90N6/c1-9-78(10-2)62-41-29-56(30-42-62)74(57-31-43-63(44-32-57)79(11-3)12-4)70-49-51-72(68-23-19-17-21-66(68)70)76-60-37-25-54(26-38-60)53-55-27-39-61(40-28-55)77-73-52-50-71(67-22-18-20-24-69(67)73)75(58-33-45-64(46-34-58)80(13-5)14-6)59-35-47-65(48-36-59)81(15-7)16-8/h17-24,29-36,41-52,54-55,60-61H,9-16,25-28,37-40,53H2,1-8H3/p+2. The smallest absolute Gasteiger partial charge is 0.206 e. The summed E-state index contributed by atoms with van der Waals surface area (Å²) in [6, 6.07) is 56.3. The van der Waals surface area contributed by atoms with Gasteiger partial charge in [-0.2, -0.15) is 0 Å². The van der Waals surface area contributed by atoms with E-state index in [0.717, 1.165) is 64.2 Å². The number of hydrogen-bond acceptors (Lipinski definition) is 4. The summed E-state index contributed by atoms with van der Waals surface area (Å²) in [5.74, 6) is 1.64. The summed E-state index contributed by atoms with van der Waals surface area (Å²) in [4.78, 5) is 17.9. The minimum atomic E-state index is 0.491. The third kappa shape index (κ3) is 12.8. The van der Waals surface area contributed by atoms with Gasteiger partial charge in [-0.1, -0.05) is 84.9 Å². The van der Waals surface area contributed by atoms with Gasteiger partial charge >= 0.3 is 0 Å². The van der Waals surface area contributed by atoms with E-state index < -0.39 is 0 Å². The van der Waals surface area contributed by atoms with Crippen LogP contribution in [-0.2, 0) is 0 Å². The highest BCUT2D eigenvalue weighted by Gasteiger charge is 2.33. The van der Waals surface area contributed by atoms with Crippen LogP contribution in [-0.4, -0.2) is 75.9 Å². The molecular weight excluding hydrogens is 985 g/mol. The van der Waals surface area contributed by atoms with Gasteiger partial charge in [0.1, 0.15) is 0 Å². The van der Waals surface area contributed by atoms with Crippen LogP contribution in [0.25, 0.3) is 22.3 Å². The molecule has 4 aliphatic rings. The predicted octanol–water partition coefficient (Wildman–Crippen LogP) is 14.1. The van der Waals surface area contributed by atoms with Crippen LogP contribution in [0.2, 0.25) is 0 Å². The lowest BCUT2D eigenvalue weighted by Gasteiger charge is -2.30. The fraction of sp³-hybridized carbons (Fsp3) is 0.387. The highest BCUT2D eigenvalue weighted by Crippen LogP contribution is 2.41. The molecule has 81 heavy (non-hydrogen) atoms. The van der Waals surface area contributed by atoms with Crippen LogP contribution in [0.15, 0.2) is 170 Å². The molecule has 10 rings (SSSR count). The Morgan fingerprint density at radius 3 is 0.840 bits per heavy atom. The van der Waals surface area contributed by atoms with E-state index >= 15 is 0 Å². The summed E-state index contributed by atoms with van der Waals surface area (Å²) in [7, 11) is 0. The summed E-state index contributed by atoms with van der Waals surface area (Å²) in [6.45, 7) is 25.9. The van der Waals surface area contributed by atoms with E-state index in [0.29, 0.717) is 12.1 Å². The Labute approximate surface area is 487 Å². The van der Waals surface area contributed by atoms with Gasteiger partial charge < -0.3 is 19.6 Å². The van der Waals surface area contributed by atoms with E-state index in [1.54, 1.807) is 0 Å². The summed E-state index contributed by atoms with van der Waals surface area (Å²) < 4.78 is 0. The van der Waals surface area contributed by atoms with Gasteiger partial charge in [0.25, 0.3) is 0 Å². The number of nitrogens with zero attached hydrogens (tertiary/aromatic N) is 4. The summed E-state index contributed by atoms with van der Waals surface area (Å²) >= 11 is 0. The molecule has 0 aromatic heterocycles. The van der Waals surface area contributed by atoms with Crippen molar-refractivity contribution in [1.29, 1.82) is 0 Å². The fourth-order valence-corrected chi connectivity index (χ4v) is 13.9. The molecule has 4 aliphatic carbocycles. The Hall–Kier alpha value is -7.18. The molecule has 2 fully saturated rings. The fourth-order valence-electron chi connectivity index (χ4n) is 13.9. The van der Waals surface area contributed by atoms with Crippen molar-refractivity contribution in [3.05, 3.63) is 214 Å². The van der Waals surface area contributed by atoms with Gasteiger partial charge in [-0.3, -0.25) is 0 Å². The van der Waals surface area contributed by atoms with Crippen LogP contribution in [0.1, 0.15) is 158 Å². The molecule has 2 saturated carbocycles. The van der Waals surface area contributed by atoms with Crippen LogP contribution >= 0.6 is 0 Å². The highest BCUT2D eigenvalue weighted by atomic mass is 15.1. The number of anilines is 4. The molecular formula is C75H92N6+2. The van der Waals surface area contributed by atoms with Gasteiger partial charge in [0.05, 0.1) is 11.1 Å². The first-order valence-electron chi connectivity index (χ1n) is 31.5. The third-order valence-corrected chi connectivity index (χ3v) is 18.6. The average Bonchev–Trinajstić information content (AvgIpc) is 3.52. The largest absolute Gasteiger partial charge is 0.372 e. The molecule has 6 nitrogen and oxygen atoms in total. The van der Waals surface area contributed by atoms with Crippen molar-refractivity contribution in [3.63, 3.8) is 0 Å². The van der Waals surface area contributed by atoms with Gasteiger partial charge in [0.15, 0.2) is 12.1 Å². The molecule has 6 heteroatoms. The number of benzene rings is 6. The molecule has 6 aromatic carbocycles. The maximum absolute atomic E-state index is 4.11. The minimum absolute atomic E-state index is 0.491. The normalized spacial score (nSPS) is 19.6. The Balaban J connectivity index is 0.816. The van der Waals surface area contributed by atoms with Crippen molar-refractivity contribution in [2.45, 2.75) is 125 Å². The van der Waals surface area contributed by atoms with Crippen LogP contribution < -0.4 is 29.6 Å². The lowest BCUT2D eigenvalue weighted by atomic mass is 9.75. The summed E-state index contributed by atoms with van der Waals surface area (Å²) in [5, 5.41) is 0. The number of nitrogens with one attached hydrogen (secondary N) is 2. The first-order valence-corrected chi connectivity index (χ1v) is 31.5. The number of rotatable bonds is 20. The van der Waals surface area contributed by atoms with Crippen molar-refractivity contribution in [3.8, 4) is 0 Å². The van der Waals surface area contributed by atoms with E-state index in [4.69, 9.17) is 0 Å². The van der Waals surface area contributed by atoms with Crippen molar-refractivity contribution >= 4 is 56.5 Å². The van der Waals surface area contributed by atoms with E-state index in [1.807, 2.05) is 0 Å². The zero-order valence-corrected chi connectivity index (χ0v) is 50.3. The van der Waals surface area contributed by atoms with Crippen LogP contribution in [0.4, 0.5) is 22.7 Å². The molecule has 0 radical (unpaired) electrons. The highest BCUT2D eigenvalue weighted by molar-refractivity contribution is 6.18. The molecule has 0 spiro atoms. The van der Waals surface area contributed by atoms with E-state index in [9.17, 15) is 0 Å². The van der Waals surface area contributed by atoms with Gasteiger partial charge in [0, 0.05) is 113 Å². The average molecular weight is 1080 g/mol. The van der Waals surface area contributed by atoms with Crippen molar-refractivity contribution in [2.75, 3.05) is 72.0 Å². The van der Waals surface area contributed by atoms with E-state index in [1.165, 1.54) is 159 Å². The minimum Gasteiger partial charge on any atom is -0.372 e. The Kier molecular flexibility index (Phi) is 19.1. The van der Waals surface area contributed by atoms with Gasteiger partial charge in [-0.25, -0.2) is 9.98 Å².